The summed E-state index contributed by atoms with van der Waals surface area (Å²) in [5.74, 6) is 1.66. The minimum absolute atomic E-state index is 0.122. The topological polar surface area (TPSA) is 19.9 Å². The fraction of sp³-hybridized carbons (Fsp3) is 0.625. The van der Waals surface area contributed by atoms with E-state index in [1.807, 2.05) is 12.1 Å². The SMILES string of the molecule is CC(C)(C)C1CCC(c2ccc([O])cc2)CC1. The van der Waals surface area contributed by atoms with Crippen molar-refractivity contribution in [3.8, 4) is 5.75 Å². The normalized spacial score (nSPS) is 25.8. The number of benzene rings is 1. The van der Waals surface area contributed by atoms with Crippen molar-refractivity contribution in [3.63, 3.8) is 0 Å². The Kier molecular flexibility index (Phi) is 3.46. The fourth-order valence-corrected chi connectivity index (χ4v) is 3.03. The molecule has 0 aliphatic heterocycles. The standard InChI is InChI=1S/C16H23O/c1-16(2,3)14-8-4-12(5-9-14)13-6-10-15(17)11-7-13/h6-7,10-12,14H,4-5,8-9H2,1-3H3. The lowest BCUT2D eigenvalue weighted by Gasteiger charge is -2.37. The third-order valence-corrected chi connectivity index (χ3v) is 4.30. The van der Waals surface area contributed by atoms with Crippen LogP contribution in [0.5, 0.6) is 5.75 Å². The zero-order valence-electron chi connectivity index (χ0n) is 11.2. The third-order valence-electron chi connectivity index (χ3n) is 4.30. The molecule has 1 fully saturated rings. The van der Waals surface area contributed by atoms with E-state index in [2.05, 4.69) is 20.8 Å². The Bertz CT molecular complexity index is 350. The zero-order valence-corrected chi connectivity index (χ0v) is 11.2. The zero-order chi connectivity index (χ0) is 12.5. The van der Waals surface area contributed by atoms with Gasteiger partial charge in [-0.2, -0.15) is 0 Å². The summed E-state index contributed by atoms with van der Waals surface area (Å²) in [7, 11) is 0. The first-order valence-corrected chi connectivity index (χ1v) is 6.74. The molecule has 0 aromatic heterocycles. The van der Waals surface area contributed by atoms with Gasteiger partial charge in [0.05, 0.1) is 0 Å². The van der Waals surface area contributed by atoms with Crippen molar-refractivity contribution in [1.82, 2.24) is 0 Å². The highest BCUT2D eigenvalue weighted by Crippen LogP contribution is 2.43. The lowest BCUT2D eigenvalue weighted by atomic mass is 9.69. The lowest BCUT2D eigenvalue weighted by Crippen LogP contribution is -2.25. The number of hydrogen-bond acceptors (Lipinski definition) is 0. The predicted molar refractivity (Wildman–Crippen MR) is 70.7 cm³/mol. The summed E-state index contributed by atoms with van der Waals surface area (Å²) < 4.78 is 0. The second-order valence-corrected chi connectivity index (χ2v) is 6.48. The van der Waals surface area contributed by atoms with Crippen LogP contribution in [0, 0.1) is 11.3 Å². The van der Waals surface area contributed by atoms with E-state index >= 15 is 0 Å². The van der Waals surface area contributed by atoms with Crippen LogP contribution in [-0.4, -0.2) is 0 Å². The Morgan fingerprint density at radius 1 is 0.941 bits per heavy atom. The Labute approximate surface area is 105 Å². The van der Waals surface area contributed by atoms with Gasteiger partial charge in [0, 0.05) is 0 Å². The highest BCUT2D eigenvalue weighted by molar-refractivity contribution is 5.28. The van der Waals surface area contributed by atoms with Gasteiger partial charge in [-0.1, -0.05) is 32.9 Å². The summed E-state index contributed by atoms with van der Waals surface area (Å²) in [6, 6.07) is 7.44. The van der Waals surface area contributed by atoms with Gasteiger partial charge in [-0.25, -0.2) is 0 Å². The van der Waals surface area contributed by atoms with Gasteiger partial charge in [0.15, 0.2) is 5.75 Å². The number of hydrogen-bond donors (Lipinski definition) is 0. The van der Waals surface area contributed by atoms with Crippen molar-refractivity contribution >= 4 is 0 Å². The van der Waals surface area contributed by atoms with Crippen LogP contribution in [0.15, 0.2) is 24.3 Å². The van der Waals surface area contributed by atoms with Crippen LogP contribution in [-0.2, 0) is 5.11 Å². The van der Waals surface area contributed by atoms with E-state index in [0.717, 1.165) is 5.92 Å². The average Bonchev–Trinajstić information content (AvgIpc) is 2.29. The molecule has 2 rings (SSSR count). The first-order chi connectivity index (χ1) is 7.97. The van der Waals surface area contributed by atoms with Gasteiger partial charge in [0.2, 0.25) is 0 Å². The van der Waals surface area contributed by atoms with Gasteiger partial charge in [0.1, 0.15) is 0 Å². The highest BCUT2D eigenvalue weighted by atomic mass is 16.3. The number of rotatable bonds is 1. The van der Waals surface area contributed by atoms with Crippen molar-refractivity contribution in [2.24, 2.45) is 11.3 Å². The van der Waals surface area contributed by atoms with Crippen molar-refractivity contribution in [1.29, 1.82) is 0 Å². The van der Waals surface area contributed by atoms with Crippen molar-refractivity contribution in [2.75, 3.05) is 0 Å². The lowest BCUT2D eigenvalue weighted by molar-refractivity contribution is 0.169. The molecule has 1 nitrogen and oxygen atoms in total. The molecule has 0 N–H and O–H groups in total. The fourth-order valence-electron chi connectivity index (χ4n) is 3.03. The first-order valence-electron chi connectivity index (χ1n) is 6.74. The second kappa shape index (κ2) is 4.72. The average molecular weight is 231 g/mol. The van der Waals surface area contributed by atoms with Gasteiger partial charge in [-0.15, -0.1) is 0 Å². The molecule has 1 saturated carbocycles. The maximum atomic E-state index is 11.1. The molecule has 0 amide bonds. The highest BCUT2D eigenvalue weighted by Gasteiger charge is 2.30. The quantitative estimate of drug-likeness (QED) is 0.637. The second-order valence-electron chi connectivity index (χ2n) is 6.48. The maximum Gasteiger partial charge on any atom is 0.178 e. The molecule has 1 aliphatic carbocycles. The van der Waals surface area contributed by atoms with Crippen molar-refractivity contribution < 1.29 is 5.11 Å². The van der Waals surface area contributed by atoms with Crippen LogP contribution in [0.4, 0.5) is 0 Å². The van der Waals surface area contributed by atoms with E-state index in [-0.39, 0.29) is 5.75 Å². The first kappa shape index (κ1) is 12.5. The molecule has 17 heavy (non-hydrogen) atoms. The maximum absolute atomic E-state index is 11.1. The van der Waals surface area contributed by atoms with E-state index in [0.29, 0.717) is 11.3 Å². The molecule has 1 heteroatoms. The summed E-state index contributed by atoms with van der Waals surface area (Å²) in [6.45, 7) is 7.05. The van der Waals surface area contributed by atoms with Crippen LogP contribution >= 0.6 is 0 Å². The summed E-state index contributed by atoms with van der Waals surface area (Å²) in [5.41, 5.74) is 1.81. The minimum atomic E-state index is 0.122. The van der Waals surface area contributed by atoms with Gasteiger partial charge in [-0.05, 0) is 60.6 Å². The van der Waals surface area contributed by atoms with Gasteiger partial charge >= 0.3 is 0 Å². The minimum Gasteiger partial charge on any atom is -0.290 e. The molecule has 0 bridgehead atoms. The van der Waals surface area contributed by atoms with Crippen LogP contribution in [0.2, 0.25) is 0 Å². The van der Waals surface area contributed by atoms with Gasteiger partial charge in [0.25, 0.3) is 0 Å². The molecule has 93 valence electrons. The summed E-state index contributed by atoms with van der Waals surface area (Å²) in [4.78, 5) is 0. The van der Waals surface area contributed by atoms with Crippen LogP contribution < -0.4 is 0 Å². The molecule has 0 saturated heterocycles. The van der Waals surface area contributed by atoms with Crippen molar-refractivity contribution in [2.45, 2.75) is 52.4 Å². The van der Waals surface area contributed by atoms with E-state index < -0.39 is 0 Å². The third kappa shape index (κ3) is 3.02. The summed E-state index contributed by atoms with van der Waals surface area (Å²) >= 11 is 0. The molecule has 0 atom stereocenters. The van der Waals surface area contributed by atoms with E-state index in [1.165, 1.54) is 31.2 Å². The van der Waals surface area contributed by atoms with Crippen LogP contribution in [0.3, 0.4) is 0 Å². The summed E-state index contributed by atoms with van der Waals surface area (Å²) in [6.07, 6.45) is 5.21. The van der Waals surface area contributed by atoms with E-state index in [4.69, 9.17) is 0 Å². The monoisotopic (exact) mass is 231 g/mol. The van der Waals surface area contributed by atoms with Gasteiger partial charge < -0.3 is 0 Å². The van der Waals surface area contributed by atoms with Crippen molar-refractivity contribution in [3.05, 3.63) is 29.8 Å². The molecule has 1 aliphatic rings. The van der Waals surface area contributed by atoms with Gasteiger partial charge in [-0.3, -0.25) is 5.11 Å². The smallest absolute Gasteiger partial charge is 0.178 e. The Morgan fingerprint density at radius 3 is 1.94 bits per heavy atom. The van der Waals surface area contributed by atoms with E-state index in [9.17, 15) is 5.11 Å². The molecular weight excluding hydrogens is 208 g/mol. The Hall–Kier alpha value is -0.980. The van der Waals surface area contributed by atoms with Crippen LogP contribution in [0.1, 0.15) is 57.9 Å². The molecule has 1 aromatic carbocycles. The Balaban J connectivity index is 1.97. The Morgan fingerprint density at radius 2 is 1.47 bits per heavy atom. The molecule has 1 radical (unpaired) electrons. The summed E-state index contributed by atoms with van der Waals surface area (Å²) in [5, 5.41) is 11.1. The molecule has 0 heterocycles. The van der Waals surface area contributed by atoms with E-state index in [1.54, 1.807) is 12.1 Å². The van der Waals surface area contributed by atoms with Crippen LogP contribution in [0.25, 0.3) is 0 Å². The molecule has 0 spiro atoms. The largest absolute Gasteiger partial charge is 0.290 e. The molecule has 1 aromatic rings. The molecule has 0 unspecified atom stereocenters. The molecular formula is C16H23O. The predicted octanol–water partition coefficient (Wildman–Crippen LogP) is 5.15.